The number of aromatic hydroxyl groups is 2. The van der Waals surface area contributed by atoms with E-state index in [4.69, 9.17) is 23.2 Å². The van der Waals surface area contributed by atoms with Crippen molar-refractivity contribution in [2.45, 2.75) is 37.9 Å². The van der Waals surface area contributed by atoms with Crippen LogP contribution in [-0.4, -0.2) is 48.0 Å². The number of halogens is 2. The average molecular weight is 602 g/mol. The summed E-state index contributed by atoms with van der Waals surface area (Å²) in [5.41, 5.74) is 2.83. The van der Waals surface area contributed by atoms with E-state index in [1.54, 1.807) is 6.07 Å². The van der Waals surface area contributed by atoms with Crippen LogP contribution < -0.4 is 10.6 Å². The Bertz CT molecular complexity index is 1570. The summed E-state index contributed by atoms with van der Waals surface area (Å²) in [6.07, 6.45) is 0. The van der Waals surface area contributed by atoms with Crippen molar-refractivity contribution in [3.63, 3.8) is 0 Å². The Labute approximate surface area is 244 Å². The third kappa shape index (κ3) is 7.04. The molecule has 0 saturated carbocycles. The number of thioether (sulfide) groups is 1. The molecule has 40 heavy (non-hydrogen) atoms. The van der Waals surface area contributed by atoms with E-state index >= 15 is 0 Å². The number of carbonyl (C=O) groups is 2. The molecule has 0 bridgehead atoms. The minimum Gasteiger partial charge on any atom is -0.504 e. The van der Waals surface area contributed by atoms with Crippen LogP contribution in [0.15, 0.2) is 59.8 Å². The number of anilines is 1. The molecule has 4 N–H and O–H groups in total. The van der Waals surface area contributed by atoms with Gasteiger partial charge in [-0.15, -0.1) is 5.10 Å². The molecule has 0 aliphatic rings. The fraction of sp³-hybridized carbons (Fsp3) is 0.222. The highest BCUT2D eigenvalue weighted by molar-refractivity contribution is 7.99. The zero-order valence-electron chi connectivity index (χ0n) is 21.8. The molecular formula is C27H26Cl2N6O4S. The van der Waals surface area contributed by atoms with Crippen LogP contribution in [0.25, 0.3) is 5.69 Å². The van der Waals surface area contributed by atoms with Crippen molar-refractivity contribution < 1.29 is 19.8 Å². The van der Waals surface area contributed by atoms with Gasteiger partial charge in [0.2, 0.25) is 11.1 Å². The summed E-state index contributed by atoms with van der Waals surface area (Å²) < 4.78 is 1.48. The predicted octanol–water partition coefficient (Wildman–Crippen LogP) is 5.34. The number of carbonyl (C=O) groups excluding carboxylic acids is 2. The number of nitrogens with one attached hydrogen (secondary N) is 2. The lowest BCUT2D eigenvalue weighted by molar-refractivity contribution is -0.113. The Morgan fingerprint density at radius 1 is 0.975 bits per heavy atom. The molecule has 10 nitrogen and oxygen atoms in total. The van der Waals surface area contributed by atoms with Crippen LogP contribution in [0.3, 0.4) is 0 Å². The molecule has 0 radical (unpaired) electrons. The molecule has 0 saturated heterocycles. The van der Waals surface area contributed by atoms with Crippen LogP contribution in [0.5, 0.6) is 11.5 Å². The monoisotopic (exact) mass is 600 g/mol. The van der Waals surface area contributed by atoms with Gasteiger partial charge in [-0.25, -0.2) is 0 Å². The molecule has 13 heteroatoms. The Kier molecular flexibility index (Phi) is 8.87. The quantitative estimate of drug-likeness (QED) is 0.157. The molecule has 2 amide bonds. The van der Waals surface area contributed by atoms with Gasteiger partial charge >= 0.3 is 0 Å². The Morgan fingerprint density at radius 2 is 1.75 bits per heavy atom. The van der Waals surface area contributed by atoms with Crippen molar-refractivity contribution in [3.8, 4) is 17.2 Å². The van der Waals surface area contributed by atoms with E-state index in [1.807, 2.05) is 18.2 Å². The molecule has 0 aliphatic heterocycles. The van der Waals surface area contributed by atoms with Crippen LogP contribution in [0.4, 0.5) is 5.69 Å². The summed E-state index contributed by atoms with van der Waals surface area (Å²) in [5.74, 6) is -1.27. The number of tetrazole rings is 1. The average Bonchev–Trinajstić information content (AvgIpc) is 3.37. The van der Waals surface area contributed by atoms with Gasteiger partial charge in [-0.05, 0) is 69.4 Å². The molecule has 0 fully saturated rings. The smallest absolute Gasteiger partial charge is 0.251 e. The lowest BCUT2D eigenvalue weighted by Crippen LogP contribution is -2.23. The zero-order valence-corrected chi connectivity index (χ0v) is 24.1. The van der Waals surface area contributed by atoms with Gasteiger partial charge < -0.3 is 20.8 Å². The van der Waals surface area contributed by atoms with Crippen molar-refractivity contribution in [2.24, 2.45) is 0 Å². The first-order chi connectivity index (χ1) is 18.9. The molecule has 0 spiro atoms. The summed E-state index contributed by atoms with van der Waals surface area (Å²) >= 11 is 14.0. The standard InChI is InChI=1S/C27H26Cl2N6O4S/c1-27(2,3)17-6-8-21(19(29)12-17)35-26(32-33-34-35)40-14-24(38)31-20-7-5-16(11-18(20)28)25(39)30-13-15-4-9-22(36)23(37)10-15/h4-12,36-37H,13-14H2,1-3H3,(H,30,39)(H,31,38). The zero-order chi connectivity index (χ0) is 29.0. The van der Waals surface area contributed by atoms with Crippen molar-refractivity contribution in [1.82, 2.24) is 25.5 Å². The normalized spacial score (nSPS) is 11.3. The Hall–Kier alpha value is -3.80. The molecule has 0 unspecified atom stereocenters. The van der Waals surface area contributed by atoms with E-state index in [0.717, 1.165) is 17.3 Å². The van der Waals surface area contributed by atoms with Crippen LogP contribution >= 0.6 is 35.0 Å². The number of hydrogen-bond donors (Lipinski definition) is 4. The number of phenolic OH excluding ortho intramolecular Hbond substituents is 2. The second-order valence-corrected chi connectivity index (χ2v) is 11.6. The lowest BCUT2D eigenvalue weighted by Gasteiger charge is -2.20. The first-order valence-corrected chi connectivity index (χ1v) is 13.8. The molecule has 0 aliphatic carbocycles. The van der Waals surface area contributed by atoms with Crippen molar-refractivity contribution in [3.05, 3.63) is 81.3 Å². The molecule has 208 valence electrons. The van der Waals surface area contributed by atoms with E-state index in [-0.39, 0.29) is 45.7 Å². The minimum atomic E-state index is -0.399. The van der Waals surface area contributed by atoms with E-state index in [9.17, 15) is 19.8 Å². The SMILES string of the molecule is CC(C)(C)c1ccc(-n2nnnc2SCC(=O)Nc2ccc(C(=O)NCc3ccc(O)c(O)c3)cc2Cl)c(Cl)c1. The largest absolute Gasteiger partial charge is 0.504 e. The third-order valence-corrected chi connectivity index (χ3v) is 7.35. The summed E-state index contributed by atoms with van der Waals surface area (Å²) in [5, 5.41) is 37.2. The van der Waals surface area contributed by atoms with Gasteiger partial charge in [0.05, 0.1) is 27.2 Å². The lowest BCUT2D eigenvalue weighted by atomic mass is 9.87. The number of aromatic nitrogens is 4. The highest BCUT2D eigenvalue weighted by Crippen LogP contribution is 2.31. The second-order valence-electron chi connectivity index (χ2n) is 9.83. The number of nitrogens with zero attached hydrogens (tertiary/aromatic N) is 4. The van der Waals surface area contributed by atoms with Gasteiger partial charge in [0.15, 0.2) is 11.5 Å². The summed E-state index contributed by atoms with van der Waals surface area (Å²) in [7, 11) is 0. The third-order valence-electron chi connectivity index (χ3n) is 5.81. The highest BCUT2D eigenvalue weighted by Gasteiger charge is 2.19. The Morgan fingerprint density at radius 3 is 2.42 bits per heavy atom. The maximum atomic E-state index is 12.6. The van der Waals surface area contributed by atoms with Crippen LogP contribution in [0.1, 0.15) is 42.3 Å². The summed E-state index contributed by atoms with van der Waals surface area (Å²) in [4.78, 5) is 25.2. The molecule has 1 heterocycles. The van der Waals surface area contributed by atoms with Gasteiger partial charge in [0.25, 0.3) is 5.91 Å². The molecular weight excluding hydrogens is 575 g/mol. The number of benzene rings is 3. The van der Waals surface area contributed by atoms with Crippen LogP contribution in [0, 0.1) is 0 Å². The number of phenols is 2. The van der Waals surface area contributed by atoms with Crippen molar-refractivity contribution >= 4 is 52.5 Å². The summed E-state index contributed by atoms with van der Waals surface area (Å²) in [6, 6.07) is 14.5. The first-order valence-electron chi connectivity index (χ1n) is 12.0. The molecule has 3 aromatic carbocycles. The summed E-state index contributed by atoms with van der Waals surface area (Å²) in [6.45, 7) is 6.41. The van der Waals surface area contributed by atoms with E-state index < -0.39 is 5.91 Å². The minimum absolute atomic E-state index is 0.00386. The Balaban J connectivity index is 1.35. The van der Waals surface area contributed by atoms with E-state index in [1.165, 1.54) is 35.0 Å². The highest BCUT2D eigenvalue weighted by atomic mass is 35.5. The van der Waals surface area contributed by atoms with Gasteiger partial charge in [0.1, 0.15) is 0 Å². The molecule has 4 aromatic rings. The van der Waals surface area contributed by atoms with Crippen molar-refractivity contribution in [1.29, 1.82) is 0 Å². The molecule has 1 aromatic heterocycles. The molecule has 0 atom stereocenters. The van der Waals surface area contributed by atoms with Crippen LogP contribution in [0.2, 0.25) is 10.0 Å². The van der Waals surface area contributed by atoms with Gasteiger partial charge in [-0.3, -0.25) is 9.59 Å². The maximum Gasteiger partial charge on any atom is 0.251 e. The fourth-order valence-corrected chi connectivity index (χ4v) is 4.77. The number of rotatable bonds is 8. The van der Waals surface area contributed by atoms with E-state index in [2.05, 4.69) is 46.9 Å². The van der Waals surface area contributed by atoms with Crippen LogP contribution in [-0.2, 0) is 16.8 Å². The maximum absolute atomic E-state index is 12.6. The number of hydrogen-bond acceptors (Lipinski definition) is 8. The topological polar surface area (TPSA) is 142 Å². The van der Waals surface area contributed by atoms with Gasteiger partial charge in [0, 0.05) is 12.1 Å². The fourth-order valence-electron chi connectivity index (χ4n) is 3.60. The van der Waals surface area contributed by atoms with E-state index in [0.29, 0.717) is 27.1 Å². The van der Waals surface area contributed by atoms with Gasteiger partial charge in [-0.2, -0.15) is 4.68 Å². The van der Waals surface area contributed by atoms with Crippen molar-refractivity contribution in [2.75, 3.05) is 11.1 Å². The molecule has 4 rings (SSSR count). The number of amides is 2. The predicted molar refractivity (Wildman–Crippen MR) is 155 cm³/mol. The second kappa shape index (κ2) is 12.2. The van der Waals surface area contributed by atoms with Gasteiger partial charge in [-0.1, -0.05) is 67.9 Å². The first kappa shape index (κ1) is 29.2.